The van der Waals surface area contributed by atoms with Gasteiger partial charge in [0, 0.05) is 10.6 Å². The maximum absolute atomic E-state index is 5.94. The summed E-state index contributed by atoms with van der Waals surface area (Å²) in [5, 5.41) is 1.46. The lowest BCUT2D eigenvalue weighted by atomic mass is 10.2. The van der Waals surface area contributed by atoms with E-state index in [1.54, 1.807) is 12.1 Å². The Morgan fingerprint density at radius 3 is 2.28 bits per heavy atom. The Balaban J connectivity index is 1.90. The molecule has 0 bridgehead atoms. The number of rotatable bonds is 4. The minimum Gasteiger partial charge on any atom is -0.372 e. The molecule has 1 aromatic carbocycles. The molecule has 1 heterocycles. The Labute approximate surface area is 120 Å². The van der Waals surface area contributed by atoms with Crippen LogP contribution in [0.25, 0.3) is 0 Å². The summed E-state index contributed by atoms with van der Waals surface area (Å²) < 4.78 is 5.56. The fourth-order valence-corrected chi connectivity index (χ4v) is 1.93. The summed E-state index contributed by atoms with van der Waals surface area (Å²) in [7, 11) is 0. The molecule has 0 saturated heterocycles. The number of halogens is 3. The molecule has 0 amide bonds. The minimum absolute atomic E-state index is 0.374. The second-order valence-electron chi connectivity index (χ2n) is 3.70. The average Bonchev–Trinajstić information content (AvgIpc) is 2.34. The fraction of sp³-hybridized carbons (Fsp3) is 0.154. The van der Waals surface area contributed by atoms with E-state index in [1.807, 2.05) is 24.3 Å². The minimum atomic E-state index is 0.374. The van der Waals surface area contributed by atoms with Crippen LogP contribution in [0.2, 0.25) is 15.3 Å². The first-order valence-electron chi connectivity index (χ1n) is 5.28. The molecular formula is C13H10Cl3NO. The number of ether oxygens (including phenoxy) is 1. The van der Waals surface area contributed by atoms with Crippen LogP contribution in [-0.4, -0.2) is 4.98 Å². The predicted molar refractivity (Wildman–Crippen MR) is 74.2 cm³/mol. The Kier molecular flexibility index (Phi) is 4.84. The van der Waals surface area contributed by atoms with Crippen molar-refractivity contribution in [3.63, 3.8) is 0 Å². The molecule has 0 aliphatic rings. The molecule has 2 aromatic rings. The van der Waals surface area contributed by atoms with E-state index in [-0.39, 0.29) is 0 Å². The highest BCUT2D eigenvalue weighted by Crippen LogP contribution is 2.18. The van der Waals surface area contributed by atoms with Gasteiger partial charge in [-0.05, 0) is 23.8 Å². The molecule has 0 atom stereocenters. The van der Waals surface area contributed by atoms with Crippen LogP contribution >= 0.6 is 34.8 Å². The SMILES string of the molecule is Clc1ccc(COCc2ccc(Cl)nc2Cl)cc1. The monoisotopic (exact) mass is 301 g/mol. The van der Waals surface area contributed by atoms with Gasteiger partial charge in [-0.25, -0.2) is 4.98 Å². The van der Waals surface area contributed by atoms with Crippen molar-refractivity contribution < 1.29 is 4.74 Å². The summed E-state index contributed by atoms with van der Waals surface area (Å²) in [5.74, 6) is 0. The molecule has 0 radical (unpaired) electrons. The zero-order chi connectivity index (χ0) is 13.0. The molecule has 94 valence electrons. The number of hydrogen-bond acceptors (Lipinski definition) is 2. The van der Waals surface area contributed by atoms with Crippen LogP contribution in [0.1, 0.15) is 11.1 Å². The lowest BCUT2D eigenvalue weighted by molar-refractivity contribution is 0.107. The van der Waals surface area contributed by atoms with Gasteiger partial charge in [0.2, 0.25) is 0 Å². The van der Waals surface area contributed by atoms with E-state index in [4.69, 9.17) is 39.5 Å². The van der Waals surface area contributed by atoms with Crippen molar-refractivity contribution >= 4 is 34.8 Å². The van der Waals surface area contributed by atoms with Gasteiger partial charge in [0.25, 0.3) is 0 Å². The normalized spacial score (nSPS) is 10.6. The summed E-state index contributed by atoms with van der Waals surface area (Å²) in [4.78, 5) is 3.94. The van der Waals surface area contributed by atoms with Crippen LogP contribution in [0.3, 0.4) is 0 Å². The number of benzene rings is 1. The number of hydrogen-bond donors (Lipinski definition) is 0. The van der Waals surface area contributed by atoms with Crippen molar-refractivity contribution in [2.45, 2.75) is 13.2 Å². The summed E-state index contributed by atoms with van der Waals surface area (Å²) in [6, 6.07) is 11.0. The zero-order valence-corrected chi connectivity index (χ0v) is 11.6. The molecule has 1 aromatic heterocycles. The van der Waals surface area contributed by atoms with E-state index < -0.39 is 0 Å². The molecule has 18 heavy (non-hydrogen) atoms. The van der Waals surface area contributed by atoms with Gasteiger partial charge >= 0.3 is 0 Å². The lowest BCUT2D eigenvalue weighted by Crippen LogP contribution is -1.96. The van der Waals surface area contributed by atoms with Crippen LogP contribution in [0.4, 0.5) is 0 Å². The number of pyridine rings is 1. The van der Waals surface area contributed by atoms with Crippen LogP contribution in [0.5, 0.6) is 0 Å². The van der Waals surface area contributed by atoms with Gasteiger partial charge in [0.05, 0.1) is 13.2 Å². The summed E-state index contributed by atoms with van der Waals surface area (Å²) in [6.45, 7) is 0.891. The van der Waals surface area contributed by atoms with Gasteiger partial charge < -0.3 is 4.74 Å². The van der Waals surface area contributed by atoms with Crippen molar-refractivity contribution in [1.29, 1.82) is 0 Å². The smallest absolute Gasteiger partial charge is 0.136 e. The lowest BCUT2D eigenvalue weighted by Gasteiger charge is -2.06. The molecule has 0 saturated carbocycles. The molecule has 0 aliphatic heterocycles. The third-order valence-corrected chi connectivity index (χ3v) is 3.12. The van der Waals surface area contributed by atoms with Crippen LogP contribution in [0, 0.1) is 0 Å². The maximum Gasteiger partial charge on any atom is 0.136 e. The Hall–Kier alpha value is -0.800. The van der Waals surface area contributed by atoms with Gasteiger partial charge in [-0.1, -0.05) is 53.0 Å². The first kappa shape index (κ1) is 13.6. The van der Waals surface area contributed by atoms with Crippen molar-refractivity contribution in [1.82, 2.24) is 4.98 Å². The van der Waals surface area contributed by atoms with Gasteiger partial charge in [-0.3, -0.25) is 0 Å². The highest BCUT2D eigenvalue weighted by atomic mass is 35.5. The second kappa shape index (κ2) is 6.39. The van der Waals surface area contributed by atoms with Crippen molar-refractivity contribution in [2.75, 3.05) is 0 Å². The number of nitrogens with zero attached hydrogens (tertiary/aromatic N) is 1. The zero-order valence-electron chi connectivity index (χ0n) is 9.37. The summed E-state index contributed by atoms with van der Waals surface area (Å²) in [6.07, 6.45) is 0. The largest absolute Gasteiger partial charge is 0.372 e. The molecule has 5 heteroatoms. The first-order chi connectivity index (χ1) is 8.65. The van der Waals surface area contributed by atoms with Crippen molar-refractivity contribution in [3.8, 4) is 0 Å². The van der Waals surface area contributed by atoms with Gasteiger partial charge in [0.15, 0.2) is 0 Å². The van der Waals surface area contributed by atoms with E-state index in [2.05, 4.69) is 4.98 Å². The van der Waals surface area contributed by atoms with E-state index in [0.29, 0.717) is 28.5 Å². The van der Waals surface area contributed by atoms with E-state index in [1.165, 1.54) is 0 Å². The van der Waals surface area contributed by atoms with Crippen LogP contribution < -0.4 is 0 Å². The van der Waals surface area contributed by atoms with E-state index >= 15 is 0 Å². The highest BCUT2D eigenvalue weighted by Gasteiger charge is 2.03. The third-order valence-electron chi connectivity index (χ3n) is 2.33. The topological polar surface area (TPSA) is 22.1 Å². The molecule has 2 rings (SSSR count). The van der Waals surface area contributed by atoms with Crippen molar-refractivity contribution in [2.24, 2.45) is 0 Å². The Morgan fingerprint density at radius 2 is 1.61 bits per heavy atom. The standard InChI is InChI=1S/C13H10Cl3NO/c14-11-4-1-9(2-5-11)7-18-8-10-3-6-12(15)17-13(10)16/h1-6H,7-8H2. The van der Waals surface area contributed by atoms with Gasteiger partial charge in [-0.15, -0.1) is 0 Å². The third kappa shape index (κ3) is 3.85. The second-order valence-corrected chi connectivity index (χ2v) is 4.88. The van der Waals surface area contributed by atoms with Gasteiger partial charge in [-0.2, -0.15) is 0 Å². The fourth-order valence-electron chi connectivity index (χ4n) is 1.41. The summed E-state index contributed by atoms with van der Waals surface area (Å²) in [5.41, 5.74) is 1.87. The van der Waals surface area contributed by atoms with Crippen LogP contribution in [-0.2, 0) is 18.0 Å². The quantitative estimate of drug-likeness (QED) is 0.760. The predicted octanol–water partition coefficient (Wildman–Crippen LogP) is 4.76. The Bertz CT molecular complexity index is 528. The molecule has 2 nitrogen and oxygen atoms in total. The van der Waals surface area contributed by atoms with E-state index in [9.17, 15) is 0 Å². The maximum atomic E-state index is 5.94. The van der Waals surface area contributed by atoms with E-state index in [0.717, 1.165) is 11.1 Å². The number of aromatic nitrogens is 1. The molecular weight excluding hydrogens is 293 g/mol. The highest BCUT2D eigenvalue weighted by molar-refractivity contribution is 6.32. The molecule has 0 aliphatic carbocycles. The summed E-state index contributed by atoms with van der Waals surface area (Å²) >= 11 is 17.5. The molecule has 0 unspecified atom stereocenters. The first-order valence-corrected chi connectivity index (χ1v) is 6.41. The van der Waals surface area contributed by atoms with Crippen molar-refractivity contribution in [3.05, 3.63) is 62.9 Å². The van der Waals surface area contributed by atoms with Crippen LogP contribution in [0.15, 0.2) is 36.4 Å². The average molecular weight is 303 g/mol. The molecule has 0 fully saturated rings. The Morgan fingerprint density at radius 1 is 0.889 bits per heavy atom. The van der Waals surface area contributed by atoms with Gasteiger partial charge in [0.1, 0.15) is 10.3 Å². The molecule has 0 spiro atoms. The molecule has 0 N–H and O–H groups in total.